The van der Waals surface area contributed by atoms with Crippen LogP contribution in [0.1, 0.15) is 48.9 Å². The maximum absolute atomic E-state index is 11.0. The molecule has 0 aliphatic heterocycles. The molecule has 42 heavy (non-hydrogen) atoms. The number of nitrogens with zero attached hydrogens (tertiary/aromatic N) is 1. The minimum absolute atomic E-state index is 0.0278. The monoisotopic (exact) mass is 588 g/mol. The number of rotatable bonds is 12. The molecule has 0 aromatic heterocycles. The van der Waals surface area contributed by atoms with Crippen molar-refractivity contribution in [1.82, 2.24) is 4.90 Å². The number of benzene rings is 4. The van der Waals surface area contributed by atoms with Crippen LogP contribution in [-0.2, 0) is 29.6 Å². The number of hydrogen-bond donors (Lipinski definition) is 3. The first-order valence-electron chi connectivity index (χ1n) is 14.4. The molecule has 7 heteroatoms. The van der Waals surface area contributed by atoms with Crippen molar-refractivity contribution in [3.8, 4) is 0 Å². The van der Waals surface area contributed by atoms with Gasteiger partial charge in [-0.15, -0.1) is 0 Å². The highest BCUT2D eigenvalue weighted by molar-refractivity contribution is 7.85. The number of hydrogen-bond acceptors (Lipinski definition) is 5. The summed E-state index contributed by atoms with van der Waals surface area (Å²) in [5.41, 5.74) is 10.8. The molecule has 0 heterocycles. The van der Waals surface area contributed by atoms with Gasteiger partial charge in [0.05, 0.1) is 16.7 Å². The van der Waals surface area contributed by atoms with Crippen LogP contribution < -0.4 is 5.73 Å². The third-order valence-electron chi connectivity index (χ3n) is 7.56. The van der Waals surface area contributed by atoms with Crippen LogP contribution in [0.25, 0.3) is 0 Å². The van der Waals surface area contributed by atoms with Crippen molar-refractivity contribution >= 4 is 10.1 Å². The lowest BCUT2D eigenvalue weighted by molar-refractivity contribution is -0.0131. The van der Waals surface area contributed by atoms with Gasteiger partial charge in [0.25, 0.3) is 10.1 Å². The zero-order valence-corrected chi connectivity index (χ0v) is 25.6. The molecule has 4 aromatic rings. The minimum atomic E-state index is -4.03. The smallest absolute Gasteiger partial charge is 0.294 e. The summed E-state index contributed by atoms with van der Waals surface area (Å²) in [6, 6.07) is 37.5. The number of aliphatic hydroxyl groups excluding tert-OH is 1. The quantitative estimate of drug-likeness (QED) is 0.127. The van der Waals surface area contributed by atoms with Gasteiger partial charge in [-0.25, -0.2) is 0 Å². The molecule has 1 unspecified atom stereocenters. The van der Waals surface area contributed by atoms with Crippen LogP contribution in [-0.4, -0.2) is 34.7 Å². The van der Waals surface area contributed by atoms with E-state index in [1.165, 1.54) is 22.8 Å². The molecule has 0 saturated carbocycles. The lowest BCUT2D eigenvalue weighted by atomic mass is 9.86. The Morgan fingerprint density at radius 3 is 1.57 bits per heavy atom. The van der Waals surface area contributed by atoms with Crippen LogP contribution >= 0.6 is 0 Å². The molecule has 6 nitrogen and oxygen atoms in total. The highest BCUT2D eigenvalue weighted by Gasteiger charge is 2.37. The van der Waals surface area contributed by atoms with E-state index in [9.17, 15) is 13.5 Å². The number of aryl methyl sites for hydroxylation is 2. The van der Waals surface area contributed by atoms with Crippen molar-refractivity contribution in [2.75, 3.05) is 0 Å². The Morgan fingerprint density at radius 1 is 0.738 bits per heavy atom. The zero-order valence-electron chi connectivity index (χ0n) is 24.8. The second kappa shape index (κ2) is 15.8. The van der Waals surface area contributed by atoms with Crippen molar-refractivity contribution in [3.05, 3.63) is 138 Å². The van der Waals surface area contributed by atoms with Gasteiger partial charge < -0.3 is 10.8 Å². The van der Waals surface area contributed by atoms with Crippen LogP contribution in [0, 0.1) is 12.8 Å². The molecule has 0 aliphatic rings. The molecule has 0 aliphatic carbocycles. The summed E-state index contributed by atoms with van der Waals surface area (Å²) >= 11 is 0. The average Bonchev–Trinajstić information content (AvgIpc) is 2.97. The predicted molar refractivity (Wildman–Crippen MR) is 170 cm³/mol. The van der Waals surface area contributed by atoms with Gasteiger partial charge in [-0.1, -0.05) is 123 Å². The first-order chi connectivity index (χ1) is 20.0. The fraction of sp³-hybridized carbons (Fsp3) is 0.314. The van der Waals surface area contributed by atoms with Gasteiger partial charge in [0.2, 0.25) is 0 Å². The van der Waals surface area contributed by atoms with E-state index < -0.39 is 21.9 Å². The molecular weight excluding hydrogens is 544 g/mol. The van der Waals surface area contributed by atoms with E-state index in [4.69, 9.17) is 10.3 Å². The first kappa shape index (κ1) is 33.2. The minimum Gasteiger partial charge on any atom is -0.393 e. The van der Waals surface area contributed by atoms with Gasteiger partial charge in [0, 0.05) is 19.5 Å². The maximum Gasteiger partial charge on any atom is 0.294 e. The van der Waals surface area contributed by atoms with Crippen LogP contribution in [0.3, 0.4) is 0 Å². The van der Waals surface area contributed by atoms with E-state index in [0.717, 1.165) is 19.5 Å². The molecular formula is C35H44N2O4S. The normalized spacial score (nSPS) is 13.7. The SMILES string of the molecule is CC(C)C(N)(C[C@H](O)CCc1ccccc1)N(Cc1ccccc1)Cc1ccccc1.Cc1ccccc1S(=O)(=O)O. The molecule has 0 fully saturated rings. The molecule has 4 aromatic carbocycles. The molecule has 224 valence electrons. The third-order valence-corrected chi connectivity index (χ3v) is 8.58. The Hall–Kier alpha value is -3.33. The fourth-order valence-electron chi connectivity index (χ4n) is 4.99. The summed E-state index contributed by atoms with van der Waals surface area (Å²) in [5.74, 6) is 0.186. The van der Waals surface area contributed by atoms with Gasteiger partial charge in [-0.2, -0.15) is 8.42 Å². The summed E-state index contributed by atoms with van der Waals surface area (Å²) in [6.07, 6.45) is 1.65. The van der Waals surface area contributed by atoms with E-state index in [0.29, 0.717) is 18.4 Å². The second-order valence-corrected chi connectivity index (χ2v) is 12.5. The standard InChI is InChI=1S/C28H36N2O.C7H8O3S/c1-23(2)28(29,20-27(31)19-18-24-12-6-3-7-13-24)30(21-25-14-8-4-9-15-25)22-26-16-10-5-11-17-26;1-6-4-2-3-5-7(6)11(8,9)10/h3-17,23,27,31H,18-22,29H2,1-2H3;2-5H,1H3,(H,8,9,10)/t27-,28?;/m1./s1. The first-order valence-corrected chi connectivity index (χ1v) is 15.8. The summed E-state index contributed by atoms with van der Waals surface area (Å²) < 4.78 is 29.9. The Kier molecular flexibility index (Phi) is 12.5. The summed E-state index contributed by atoms with van der Waals surface area (Å²) in [5, 5.41) is 11.0. The van der Waals surface area contributed by atoms with Crippen LogP contribution in [0.4, 0.5) is 0 Å². The number of nitrogens with two attached hydrogens (primary N) is 1. The topological polar surface area (TPSA) is 104 Å². The fourth-order valence-corrected chi connectivity index (χ4v) is 5.72. The predicted octanol–water partition coefficient (Wildman–Crippen LogP) is 6.63. The van der Waals surface area contributed by atoms with E-state index in [1.807, 2.05) is 30.3 Å². The molecule has 0 amide bonds. The van der Waals surface area contributed by atoms with Crippen LogP contribution in [0.15, 0.2) is 120 Å². The maximum atomic E-state index is 11.0. The second-order valence-electron chi connectivity index (χ2n) is 11.1. The summed E-state index contributed by atoms with van der Waals surface area (Å²) in [4.78, 5) is 2.31. The van der Waals surface area contributed by atoms with E-state index in [-0.39, 0.29) is 10.8 Å². The molecule has 0 radical (unpaired) electrons. The third kappa shape index (κ3) is 10.2. The van der Waals surface area contributed by atoms with Crippen molar-refractivity contribution in [2.24, 2.45) is 11.7 Å². The summed E-state index contributed by atoms with van der Waals surface area (Å²) in [7, 11) is -4.03. The van der Waals surface area contributed by atoms with Crippen LogP contribution in [0.5, 0.6) is 0 Å². The molecule has 0 saturated heterocycles. The molecule has 4 rings (SSSR count). The Morgan fingerprint density at radius 2 is 1.17 bits per heavy atom. The lowest BCUT2D eigenvalue weighted by Gasteiger charge is -2.45. The Labute approximate surface area is 251 Å². The largest absolute Gasteiger partial charge is 0.393 e. The van der Waals surface area contributed by atoms with Crippen LogP contribution in [0.2, 0.25) is 0 Å². The van der Waals surface area contributed by atoms with Gasteiger partial charge in [0.15, 0.2) is 0 Å². The highest BCUT2D eigenvalue weighted by Crippen LogP contribution is 2.30. The lowest BCUT2D eigenvalue weighted by Crippen LogP contribution is -2.60. The molecule has 4 N–H and O–H groups in total. The van der Waals surface area contributed by atoms with Gasteiger partial charge in [0.1, 0.15) is 0 Å². The average molecular weight is 589 g/mol. The van der Waals surface area contributed by atoms with Gasteiger partial charge in [-0.3, -0.25) is 9.45 Å². The van der Waals surface area contributed by atoms with Gasteiger partial charge in [-0.05, 0) is 54.0 Å². The Bertz CT molecular complexity index is 1410. The van der Waals surface area contributed by atoms with Gasteiger partial charge >= 0.3 is 0 Å². The van der Waals surface area contributed by atoms with E-state index in [1.54, 1.807) is 25.1 Å². The molecule has 0 bridgehead atoms. The van der Waals surface area contributed by atoms with Crippen molar-refractivity contribution in [2.45, 2.75) is 69.8 Å². The van der Waals surface area contributed by atoms with E-state index in [2.05, 4.69) is 79.4 Å². The zero-order chi connectivity index (χ0) is 30.6. The van der Waals surface area contributed by atoms with Crippen molar-refractivity contribution < 1.29 is 18.1 Å². The molecule has 0 spiro atoms. The highest BCUT2D eigenvalue weighted by atomic mass is 32.2. The summed E-state index contributed by atoms with van der Waals surface area (Å²) in [6.45, 7) is 7.44. The molecule has 2 atom stereocenters. The van der Waals surface area contributed by atoms with E-state index >= 15 is 0 Å². The van der Waals surface area contributed by atoms with Crippen molar-refractivity contribution in [1.29, 1.82) is 0 Å². The Balaban J connectivity index is 0.000000369. The number of aliphatic hydroxyl groups is 1. The van der Waals surface area contributed by atoms with Crippen molar-refractivity contribution in [3.63, 3.8) is 0 Å².